The molecular weight excluding hydrogens is 290 g/mol. The summed E-state index contributed by atoms with van der Waals surface area (Å²) in [6.07, 6.45) is 0.827. The number of hydrogen-bond acceptors (Lipinski definition) is 3. The number of carbonyl (C=O) groups excluding carboxylic acids is 1. The molecule has 2 aromatic carbocycles. The molecule has 0 fully saturated rings. The molecule has 0 unspecified atom stereocenters. The van der Waals surface area contributed by atoms with Crippen molar-refractivity contribution in [3.63, 3.8) is 0 Å². The standard InChI is InChI=1S/C19H21NO3/c1-13-6-4-5-7-16(13)19(21)20-9-8-14-10-17(22-2)18(23-3)11-15(14)12-20/h4-7,10-11H,8-9,12H2,1-3H3. The largest absolute Gasteiger partial charge is 0.493 e. The van der Waals surface area contributed by atoms with Crippen LogP contribution in [0.5, 0.6) is 11.5 Å². The first-order chi connectivity index (χ1) is 11.1. The molecule has 120 valence electrons. The predicted molar refractivity (Wildman–Crippen MR) is 89.2 cm³/mol. The molecule has 23 heavy (non-hydrogen) atoms. The Kier molecular flexibility index (Phi) is 4.24. The van der Waals surface area contributed by atoms with E-state index in [1.807, 2.05) is 48.2 Å². The van der Waals surface area contributed by atoms with E-state index in [0.717, 1.165) is 35.4 Å². The molecule has 4 heteroatoms. The van der Waals surface area contributed by atoms with Gasteiger partial charge in [0.1, 0.15) is 0 Å². The molecule has 1 aliphatic rings. The summed E-state index contributed by atoms with van der Waals surface area (Å²) in [6.45, 7) is 3.29. The second-order valence-corrected chi connectivity index (χ2v) is 5.77. The fourth-order valence-corrected chi connectivity index (χ4v) is 3.04. The highest BCUT2D eigenvalue weighted by Crippen LogP contribution is 2.33. The fraction of sp³-hybridized carbons (Fsp3) is 0.316. The molecule has 2 aromatic rings. The second kappa shape index (κ2) is 6.32. The summed E-state index contributed by atoms with van der Waals surface area (Å²) in [7, 11) is 3.27. The summed E-state index contributed by atoms with van der Waals surface area (Å²) in [5, 5.41) is 0. The first kappa shape index (κ1) is 15.4. The zero-order chi connectivity index (χ0) is 16.4. The van der Waals surface area contributed by atoms with Crippen LogP contribution in [-0.2, 0) is 13.0 Å². The van der Waals surface area contributed by atoms with Crippen molar-refractivity contribution in [2.45, 2.75) is 19.9 Å². The molecule has 1 amide bonds. The lowest BCUT2D eigenvalue weighted by atomic mass is 9.97. The fourth-order valence-electron chi connectivity index (χ4n) is 3.04. The van der Waals surface area contributed by atoms with Gasteiger partial charge in [0, 0.05) is 18.7 Å². The molecule has 3 rings (SSSR count). The number of carbonyl (C=O) groups is 1. The van der Waals surface area contributed by atoms with Gasteiger partial charge in [-0.15, -0.1) is 0 Å². The second-order valence-electron chi connectivity index (χ2n) is 5.77. The van der Waals surface area contributed by atoms with Crippen molar-refractivity contribution in [2.75, 3.05) is 20.8 Å². The van der Waals surface area contributed by atoms with Crippen LogP contribution in [0.15, 0.2) is 36.4 Å². The van der Waals surface area contributed by atoms with Gasteiger partial charge in [-0.25, -0.2) is 0 Å². The van der Waals surface area contributed by atoms with Gasteiger partial charge in [0.15, 0.2) is 11.5 Å². The Balaban J connectivity index is 1.88. The number of rotatable bonds is 3. The van der Waals surface area contributed by atoms with E-state index in [9.17, 15) is 4.79 Å². The average Bonchev–Trinajstić information content (AvgIpc) is 2.59. The Bertz CT molecular complexity index is 739. The smallest absolute Gasteiger partial charge is 0.254 e. The molecule has 1 heterocycles. The van der Waals surface area contributed by atoms with E-state index in [4.69, 9.17) is 9.47 Å². The van der Waals surface area contributed by atoms with E-state index in [-0.39, 0.29) is 5.91 Å². The molecule has 4 nitrogen and oxygen atoms in total. The molecule has 0 aromatic heterocycles. The van der Waals surface area contributed by atoms with Crippen LogP contribution in [-0.4, -0.2) is 31.6 Å². The summed E-state index contributed by atoms with van der Waals surface area (Å²) in [5.74, 6) is 1.53. The molecule has 0 radical (unpaired) electrons. The van der Waals surface area contributed by atoms with Crippen LogP contribution in [0, 0.1) is 6.92 Å². The lowest BCUT2D eigenvalue weighted by Crippen LogP contribution is -2.36. The van der Waals surface area contributed by atoms with Crippen molar-refractivity contribution < 1.29 is 14.3 Å². The van der Waals surface area contributed by atoms with E-state index in [1.165, 1.54) is 5.56 Å². The predicted octanol–water partition coefficient (Wildman–Crippen LogP) is 3.21. The van der Waals surface area contributed by atoms with E-state index in [0.29, 0.717) is 12.3 Å². The molecular formula is C19H21NO3. The SMILES string of the molecule is COc1cc2c(cc1OC)CN(C(=O)c1ccccc1C)CC2. The third kappa shape index (κ3) is 2.89. The number of fused-ring (bicyclic) bond motifs is 1. The number of aryl methyl sites for hydroxylation is 1. The Morgan fingerprint density at radius 1 is 1.04 bits per heavy atom. The first-order valence-electron chi connectivity index (χ1n) is 7.72. The Morgan fingerprint density at radius 3 is 2.35 bits per heavy atom. The van der Waals surface area contributed by atoms with Gasteiger partial charge in [0.05, 0.1) is 14.2 Å². The molecule has 1 aliphatic heterocycles. The zero-order valence-corrected chi connectivity index (χ0v) is 13.8. The third-order valence-electron chi connectivity index (χ3n) is 4.38. The highest BCUT2D eigenvalue weighted by atomic mass is 16.5. The normalized spacial score (nSPS) is 13.4. The van der Waals surface area contributed by atoms with Crippen molar-refractivity contribution in [3.8, 4) is 11.5 Å². The molecule has 0 saturated carbocycles. The molecule has 0 spiro atoms. The Hall–Kier alpha value is -2.49. The van der Waals surface area contributed by atoms with Crippen LogP contribution in [0.25, 0.3) is 0 Å². The minimum absolute atomic E-state index is 0.0866. The molecule has 0 N–H and O–H groups in total. The average molecular weight is 311 g/mol. The van der Waals surface area contributed by atoms with Gasteiger partial charge in [-0.05, 0) is 48.2 Å². The van der Waals surface area contributed by atoms with Crippen LogP contribution in [0.2, 0.25) is 0 Å². The number of amides is 1. The van der Waals surface area contributed by atoms with Gasteiger partial charge in [0.2, 0.25) is 0 Å². The number of nitrogens with zero attached hydrogens (tertiary/aromatic N) is 1. The number of ether oxygens (including phenoxy) is 2. The van der Waals surface area contributed by atoms with Gasteiger partial charge < -0.3 is 14.4 Å². The van der Waals surface area contributed by atoms with Gasteiger partial charge in [0.25, 0.3) is 5.91 Å². The maximum atomic E-state index is 12.8. The van der Waals surface area contributed by atoms with Crippen molar-refractivity contribution >= 4 is 5.91 Å². The maximum Gasteiger partial charge on any atom is 0.254 e. The summed E-state index contributed by atoms with van der Waals surface area (Å²) < 4.78 is 10.7. The van der Waals surface area contributed by atoms with Gasteiger partial charge in [-0.3, -0.25) is 4.79 Å². The lowest BCUT2D eigenvalue weighted by Gasteiger charge is -2.30. The quantitative estimate of drug-likeness (QED) is 0.873. The third-order valence-corrected chi connectivity index (χ3v) is 4.38. The maximum absolute atomic E-state index is 12.8. The van der Waals surface area contributed by atoms with Crippen LogP contribution < -0.4 is 9.47 Å². The number of hydrogen-bond donors (Lipinski definition) is 0. The summed E-state index contributed by atoms with van der Waals surface area (Å²) in [6, 6.07) is 11.7. The van der Waals surface area contributed by atoms with Gasteiger partial charge in [-0.2, -0.15) is 0 Å². The van der Waals surface area contributed by atoms with Crippen LogP contribution in [0.4, 0.5) is 0 Å². The molecule has 0 aliphatic carbocycles. The molecule has 0 bridgehead atoms. The van der Waals surface area contributed by atoms with E-state index < -0.39 is 0 Å². The van der Waals surface area contributed by atoms with Gasteiger partial charge >= 0.3 is 0 Å². The van der Waals surface area contributed by atoms with Crippen molar-refractivity contribution in [1.82, 2.24) is 4.90 Å². The van der Waals surface area contributed by atoms with Crippen LogP contribution >= 0.6 is 0 Å². The molecule has 0 atom stereocenters. The number of benzene rings is 2. The Morgan fingerprint density at radius 2 is 1.70 bits per heavy atom. The van der Waals surface area contributed by atoms with Crippen molar-refractivity contribution in [1.29, 1.82) is 0 Å². The summed E-state index contributed by atoms with van der Waals surface area (Å²) in [5.41, 5.74) is 4.12. The minimum atomic E-state index is 0.0866. The highest BCUT2D eigenvalue weighted by Gasteiger charge is 2.24. The lowest BCUT2D eigenvalue weighted by molar-refractivity contribution is 0.0733. The minimum Gasteiger partial charge on any atom is -0.493 e. The summed E-state index contributed by atoms with van der Waals surface area (Å²) in [4.78, 5) is 14.7. The zero-order valence-electron chi connectivity index (χ0n) is 13.8. The Labute approximate surface area is 136 Å². The van der Waals surface area contributed by atoms with E-state index in [1.54, 1.807) is 14.2 Å². The van der Waals surface area contributed by atoms with E-state index in [2.05, 4.69) is 0 Å². The topological polar surface area (TPSA) is 38.8 Å². The van der Waals surface area contributed by atoms with Crippen LogP contribution in [0.1, 0.15) is 27.0 Å². The molecule has 0 saturated heterocycles. The highest BCUT2D eigenvalue weighted by molar-refractivity contribution is 5.95. The van der Waals surface area contributed by atoms with Crippen molar-refractivity contribution in [2.24, 2.45) is 0 Å². The number of methoxy groups -OCH3 is 2. The van der Waals surface area contributed by atoms with Crippen LogP contribution in [0.3, 0.4) is 0 Å². The van der Waals surface area contributed by atoms with Gasteiger partial charge in [-0.1, -0.05) is 18.2 Å². The summed E-state index contributed by atoms with van der Waals surface area (Å²) >= 11 is 0. The monoisotopic (exact) mass is 311 g/mol. The van der Waals surface area contributed by atoms with E-state index >= 15 is 0 Å². The first-order valence-corrected chi connectivity index (χ1v) is 7.72. The van der Waals surface area contributed by atoms with Crippen molar-refractivity contribution in [3.05, 3.63) is 58.7 Å².